The van der Waals surface area contributed by atoms with E-state index in [1.165, 1.54) is 0 Å². The third-order valence-corrected chi connectivity index (χ3v) is 5.77. The highest BCUT2D eigenvalue weighted by Crippen LogP contribution is 2.38. The Morgan fingerprint density at radius 1 is 1.14 bits per heavy atom. The first-order valence-electron chi connectivity index (χ1n) is 10.2. The molecule has 152 valence electrons. The van der Waals surface area contributed by atoms with Crippen LogP contribution in [-0.2, 0) is 16.1 Å². The van der Waals surface area contributed by atoms with Crippen LogP contribution in [0.25, 0.3) is 0 Å². The van der Waals surface area contributed by atoms with Crippen molar-refractivity contribution in [2.75, 3.05) is 13.2 Å². The van der Waals surface area contributed by atoms with Gasteiger partial charge in [-0.05, 0) is 56.9 Å². The maximum absolute atomic E-state index is 12.6. The Morgan fingerprint density at radius 3 is 2.48 bits per heavy atom. The van der Waals surface area contributed by atoms with Crippen molar-refractivity contribution < 1.29 is 19.1 Å². The topological polar surface area (TPSA) is 68.6 Å². The van der Waals surface area contributed by atoms with Crippen molar-refractivity contribution in [3.8, 4) is 0 Å². The Balaban J connectivity index is 1.34. The van der Waals surface area contributed by atoms with Crippen LogP contribution in [-0.4, -0.2) is 40.3 Å². The summed E-state index contributed by atoms with van der Waals surface area (Å²) in [7, 11) is 0. The molecule has 2 aromatic rings. The minimum absolute atomic E-state index is 0.174. The highest BCUT2D eigenvalue weighted by atomic mass is 16.5. The van der Waals surface area contributed by atoms with Crippen molar-refractivity contribution in [1.82, 2.24) is 9.47 Å². The zero-order chi connectivity index (χ0) is 20.5. The number of likely N-dealkylation sites (tertiary alicyclic amines) is 1. The fourth-order valence-corrected chi connectivity index (χ4v) is 4.08. The lowest BCUT2D eigenvalue weighted by atomic mass is 10.1. The molecular formula is C23H26N2O4. The third-order valence-electron chi connectivity index (χ3n) is 5.77. The van der Waals surface area contributed by atoms with Gasteiger partial charge in [0.05, 0.1) is 5.56 Å². The predicted molar refractivity (Wildman–Crippen MR) is 108 cm³/mol. The van der Waals surface area contributed by atoms with Gasteiger partial charge in [0, 0.05) is 42.5 Å². The van der Waals surface area contributed by atoms with E-state index >= 15 is 0 Å². The average Bonchev–Trinajstić information content (AvgIpc) is 3.39. The van der Waals surface area contributed by atoms with Crippen LogP contribution in [0.5, 0.6) is 0 Å². The number of esters is 1. The summed E-state index contributed by atoms with van der Waals surface area (Å²) in [6.45, 7) is 5.03. The van der Waals surface area contributed by atoms with E-state index < -0.39 is 5.97 Å². The molecular weight excluding hydrogens is 368 g/mol. The number of Topliss-reactive ketones (excluding diaryl/α,β-unsaturated/α-hetero) is 1. The molecule has 0 spiro atoms. The molecule has 1 saturated carbocycles. The van der Waals surface area contributed by atoms with Gasteiger partial charge in [-0.1, -0.05) is 12.1 Å². The van der Waals surface area contributed by atoms with Crippen LogP contribution in [0.15, 0.2) is 30.3 Å². The Hall–Kier alpha value is -2.89. The van der Waals surface area contributed by atoms with Crippen LogP contribution < -0.4 is 0 Å². The van der Waals surface area contributed by atoms with Crippen molar-refractivity contribution in [2.24, 2.45) is 0 Å². The number of hydrogen-bond donors (Lipinski definition) is 0. The molecule has 1 aromatic heterocycles. The molecule has 0 atom stereocenters. The number of aromatic nitrogens is 1. The van der Waals surface area contributed by atoms with Gasteiger partial charge in [-0.15, -0.1) is 0 Å². The van der Waals surface area contributed by atoms with Crippen LogP contribution in [0, 0.1) is 13.8 Å². The summed E-state index contributed by atoms with van der Waals surface area (Å²) in [5.41, 5.74) is 4.03. The molecule has 6 nitrogen and oxygen atoms in total. The number of ether oxygens (including phenoxy) is 1. The zero-order valence-corrected chi connectivity index (χ0v) is 16.9. The van der Waals surface area contributed by atoms with Crippen LogP contribution in [0.2, 0.25) is 0 Å². The SMILES string of the molecule is Cc1cc(C(=O)COC(=O)c2ccc(CN3CCCC3=O)cc2)c(C)n1C1CC1. The summed E-state index contributed by atoms with van der Waals surface area (Å²) in [5, 5.41) is 0. The largest absolute Gasteiger partial charge is 0.454 e. The van der Waals surface area contributed by atoms with Crippen molar-refractivity contribution in [2.45, 2.75) is 52.1 Å². The molecule has 1 aromatic carbocycles. The number of hydrogen-bond acceptors (Lipinski definition) is 4. The second-order valence-corrected chi connectivity index (χ2v) is 8.00. The maximum Gasteiger partial charge on any atom is 0.338 e. The van der Waals surface area contributed by atoms with E-state index in [1.807, 2.05) is 36.9 Å². The summed E-state index contributed by atoms with van der Waals surface area (Å²) in [6, 6.07) is 9.41. The molecule has 0 N–H and O–H groups in total. The highest BCUT2D eigenvalue weighted by molar-refractivity contribution is 6.00. The van der Waals surface area contributed by atoms with Crippen molar-refractivity contribution in [3.05, 3.63) is 58.4 Å². The zero-order valence-electron chi connectivity index (χ0n) is 16.9. The van der Waals surface area contributed by atoms with Crippen molar-refractivity contribution in [3.63, 3.8) is 0 Å². The number of ketones is 1. The summed E-state index contributed by atoms with van der Waals surface area (Å²) < 4.78 is 7.46. The van der Waals surface area contributed by atoms with E-state index in [-0.39, 0.29) is 18.3 Å². The smallest absolute Gasteiger partial charge is 0.338 e. The molecule has 1 amide bonds. The number of benzene rings is 1. The molecule has 2 heterocycles. The maximum atomic E-state index is 12.6. The molecule has 1 aliphatic carbocycles. The van der Waals surface area contributed by atoms with E-state index in [0.717, 1.165) is 42.8 Å². The van der Waals surface area contributed by atoms with E-state index in [4.69, 9.17) is 4.74 Å². The van der Waals surface area contributed by atoms with Crippen LogP contribution in [0.3, 0.4) is 0 Å². The first kappa shape index (κ1) is 19.4. The number of aryl methyl sites for hydroxylation is 1. The fraction of sp³-hybridized carbons (Fsp3) is 0.435. The molecule has 6 heteroatoms. The quantitative estimate of drug-likeness (QED) is 0.531. The van der Waals surface area contributed by atoms with Gasteiger partial charge in [-0.2, -0.15) is 0 Å². The molecule has 0 unspecified atom stereocenters. The van der Waals surface area contributed by atoms with Gasteiger partial charge < -0.3 is 14.2 Å². The Labute approximate surface area is 170 Å². The summed E-state index contributed by atoms with van der Waals surface area (Å²) in [5.74, 6) is -0.520. The minimum Gasteiger partial charge on any atom is -0.454 e. The third kappa shape index (κ3) is 4.11. The van der Waals surface area contributed by atoms with E-state index in [0.29, 0.717) is 30.1 Å². The van der Waals surface area contributed by atoms with E-state index in [2.05, 4.69) is 4.57 Å². The van der Waals surface area contributed by atoms with Crippen LogP contribution in [0.1, 0.15) is 69.4 Å². The van der Waals surface area contributed by atoms with Gasteiger partial charge >= 0.3 is 5.97 Å². The van der Waals surface area contributed by atoms with Crippen molar-refractivity contribution >= 4 is 17.7 Å². The van der Waals surface area contributed by atoms with Gasteiger partial charge in [0.2, 0.25) is 11.7 Å². The number of carbonyl (C=O) groups is 3. The highest BCUT2D eigenvalue weighted by Gasteiger charge is 2.28. The molecule has 29 heavy (non-hydrogen) atoms. The predicted octanol–water partition coefficient (Wildman–Crippen LogP) is 3.60. The molecule has 4 rings (SSSR count). The summed E-state index contributed by atoms with van der Waals surface area (Å²) in [4.78, 5) is 38.4. The molecule has 2 aliphatic rings. The second kappa shape index (κ2) is 7.85. The number of nitrogens with zero attached hydrogens (tertiary/aromatic N) is 2. The Morgan fingerprint density at radius 2 is 1.86 bits per heavy atom. The lowest BCUT2D eigenvalue weighted by Gasteiger charge is -2.15. The molecule has 0 bridgehead atoms. The monoisotopic (exact) mass is 394 g/mol. The fourth-order valence-electron chi connectivity index (χ4n) is 4.08. The van der Waals surface area contributed by atoms with Gasteiger partial charge in [-0.3, -0.25) is 9.59 Å². The van der Waals surface area contributed by atoms with Gasteiger partial charge in [0.1, 0.15) is 0 Å². The van der Waals surface area contributed by atoms with Gasteiger partial charge in [-0.25, -0.2) is 4.79 Å². The van der Waals surface area contributed by atoms with Crippen LogP contribution in [0.4, 0.5) is 0 Å². The molecule has 1 aliphatic heterocycles. The Kier molecular flexibility index (Phi) is 5.26. The Bertz CT molecular complexity index is 954. The van der Waals surface area contributed by atoms with Gasteiger partial charge in [0.15, 0.2) is 6.61 Å². The first-order valence-corrected chi connectivity index (χ1v) is 10.2. The lowest BCUT2D eigenvalue weighted by molar-refractivity contribution is -0.128. The molecule has 0 radical (unpaired) electrons. The van der Waals surface area contributed by atoms with E-state index in [1.54, 1.807) is 12.1 Å². The summed E-state index contributed by atoms with van der Waals surface area (Å²) in [6.07, 6.45) is 3.82. The first-order chi connectivity index (χ1) is 13.9. The lowest BCUT2D eigenvalue weighted by Crippen LogP contribution is -2.23. The molecule has 1 saturated heterocycles. The van der Waals surface area contributed by atoms with Gasteiger partial charge in [0.25, 0.3) is 0 Å². The molecule has 2 fully saturated rings. The minimum atomic E-state index is -0.516. The summed E-state index contributed by atoms with van der Waals surface area (Å²) >= 11 is 0. The second-order valence-electron chi connectivity index (χ2n) is 8.00. The van der Waals surface area contributed by atoms with Crippen molar-refractivity contribution in [1.29, 1.82) is 0 Å². The standard InChI is InChI=1S/C23H26N2O4/c1-15-12-20(16(2)25(15)19-9-10-19)21(26)14-29-23(28)18-7-5-17(6-8-18)13-24-11-3-4-22(24)27/h5-8,12,19H,3-4,9-11,13-14H2,1-2H3. The number of rotatable bonds is 7. The number of amides is 1. The average molecular weight is 394 g/mol. The van der Waals surface area contributed by atoms with Crippen LogP contribution >= 0.6 is 0 Å². The number of carbonyl (C=O) groups excluding carboxylic acids is 3. The normalized spacial score (nSPS) is 16.3. The van der Waals surface area contributed by atoms with E-state index in [9.17, 15) is 14.4 Å².